The standard InChI is InChI=1S/C18H26ClN3O3/c1-4-25-17-14(6-7-15(19)20-17)18(24)22-11-9-21(10-12-22)16(23)8-5-13(2)3/h6-7,13H,4-5,8-12H2,1-3H3. The zero-order valence-corrected chi connectivity index (χ0v) is 15.9. The van der Waals surface area contributed by atoms with Crippen molar-refractivity contribution in [2.45, 2.75) is 33.6 Å². The van der Waals surface area contributed by atoms with Crippen LogP contribution in [0, 0.1) is 5.92 Å². The molecule has 1 fully saturated rings. The van der Waals surface area contributed by atoms with Gasteiger partial charge in [0.15, 0.2) is 0 Å². The lowest BCUT2D eigenvalue weighted by Gasteiger charge is -2.35. The molecule has 2 rings (SSSR count). The molecule has 1 saturated heterocycles. The van der Waals surface area contributed by atoms with Crippen molar-refractivity contribution in [2.75, 3.05) is 32.8 Å². The van der Waals surface area contributed by atoms with Crippen LogP contribution in [-0.2, 0) is 4.79 Å². The number of halogens is 1. The first-order valence-electron chi connectivity index (χ1n) is 8.78. The lowest BCUT2D eigenvalue weighted by atomic mass is 10.1. The summed E-state index contributed by atoms with van der Waals surface area (Å²) >= 11 is 5.89. The van der Waals surface area contributed by atoms with Gasteiger partial charge in [-0.2, -0.15) is 0 Å². The minimum atomic E-state index is -0.137. The molecule has 0 aliphatic carbocycles. The van der Waals surface area contributed by atoms with Crippen LogP contribution in [0.3, 0.4) is 0 Å². The highest BCUT2D eigenvalue weighted by molar-refractivity contribution is 6.29. The third-order valence-corrected chi connectivity index (χ3v) is 4.40. The van der Waals surface area contributed by atoms with Crippen molar-refractivity contribution < 1.29 is 14.3 Å². The molecule has 1 aromatic heterocycles. The van der Waals surface area contributed by atoms with Crippen molar-refractivity contribution in [3.63, 3.8) is 0 Å². The minimum Gasteiger partial charge on any atom is -0.477 e. The van der Waals surface area contributed by atoms with Gasteiger partial charge in [0.1, 0.15) is 10.7 Å². The Morgan fingerprint density at radius 1 is 1.20 bits per heavy atom. The van der Waals surface area contributed by atoms with E-state index in [4.69, 9.17) is 16.3 Å². The highest BCUT2D eigenvalue weighted by Gasteiger charge is 2.27. The molecule has 0 aromatic carbocycles. The van der Waals surface area contributed by atoms with Crippen molar-refractivity contribution in [3.8, 4) is 5.88 Å². The van der Waals surface area contributed by atoms with Crippen molar-refractivity contribution in [1.29, 1.82) is 0 Å². The first-order valence-corrected chi connectivity index (χ1v) is 9.16. The number of carbonyl (C=O) groups is 2. The number of ether oxygens (including phenoxy) is 1. The number of piperazine rings is 1. The van der Waals surface area contributed by atoms with Crippen LogP contribution >= 0.6 is 11.6 Å². The van der Waals surface area contributed by atoms with Gasteiger partial charge in [0.05, 0.1) is 6.61 Å². The van der Waals surface area contributed by atoms with Crippen LogP contribution in [0.5, 0.6) is 5.88 Å². The maximum atomic E-state index is 12.8. The average molecular weight is 368 g/mol. The lowest BCUT2D eigenvalue weighted by molar-refractivity contribution is -0.132. The fraction of sp³-hybridized carbons (Fsp3) is 0.611. The molecule has 2 heterocycles. The zero-order valence-electron chi connectivity index (χ0n) is 15.1. The minimum absolute atomic E-state index is 0.137. The Hall–Kier alpha value is -1.82. The Morgan fingerprint density at radius 2 is 1.84 bits per heavy atom. The van der Waals surface area contributed by atoms with Crippen LogP contribution in [-0.4, -0.2) is 59.4 Å². The largest absolute Gasteiger partial charge is 0.477 e. The number of carbonyl (C=O) groups excluding carboxylic acids is 2. The number of hydrogen-bond donors (Lipinski definition) is 0. The van der Waals surface area contributed by atoms with E-state index >= 15 is 0 Å². The molecule has 1 aliphatic heterocycles. The molecular weight excluding hydrogens is 342 g/mol. The number of aromatic nitrogens is 1. The fourth-order valence-electron chi connectivity index (χ4n) is 2.73. The second kappa shape index (κ2) is 9.04. The fourth-order valence-corrected chi connectivity index (χ4v) is 2.87. The predicted molar refractivity (Wildman–Crippen MR) is 97.0 cm³/mol. The molecule has 138 valence electrons. The van der Waals surface area contributed by atoms with E-state index in [1.807, 2.05) is 11.8 Å². The molecule has 0 N–H and O–H groups in total. The summed E-state index contributed by atoms with van der Waals surface area (Å²) in [7, 11) is 0. The van der Waals surface area contributed by atoms with Gasteiger partial charge in [-0.25, -0.2) is 4.98 Å². The third-order valence-electron chi connectivity index (χ3n) is 4.19. The van der Waals surface area contributed by atoms with Crippen LogP contribution < -0.4 is 4.74 Å². The Morgan fingerprint density at radius 3 is 2.44 bits per heavy atom. The summed E-state index contributed by atoms with van der Waals surface area (Å²) in [6, 6.07) is 3.23. The quantitative estimate of drug-likeness (QED) is 0.725. The molecule has 1 aliphatic rings. The highest BCUT2D eigenvalue weighted by Crippen LogP contribution is 2.21. The van der Waals surface area contributed by atoms with E-state index in [9.17, 15) is 9.59 Å². The van der Waals surface area contributed by atoms with Crippen molar-refractivity contribution in [3.05, 3.63) is 22.8 Å². The Balaban J connectivity index is 1.96. The van der Waals surface area contributed by atoms with Gasteiger partial charge in [0, 0.05) is 32.6 Å². The van der Waals surface area contributed by atoms with E-state index < -0.39 is 0 Å². The number of rotatable bonds is 6. The SMILES string of the molecule is CCOc1nc(Cl)ccc1C(=O)N1CCN(C(=O)CCC(C)C)CC1. The molecular formula is C18H26ClN3O3. The van der Waals surface area contributed by atoms with Gasteiger partial charge in [-0.05, 0) is 31.4 Å². The second-order valence-corrected chi connectivity index (χ2v) is 6.91. The molecule has 2 amide bonds. The summed E-state index contributed by atoms with van der Waals surface area (Å²) < 4.78 is 5.44. The Labute approximate surface area is 154 Å². The highest BCUT2D eigenvalue weighted by atomic mass is 35.5. The molecule has 0 atom stereocenters. The summed E-state index contributed by atoms with van der Waals surface area (Å²) in [5.41, 5.74) is 0.408. The first-order chi connectivity index (χ1) is 11.9. The van der Waals surface area contributed by atoms with Gasteiger partial charge in [0.25, 0.3) is 5.91 Å². The van der Waals surface area contributed by atoms with E-state index in [1.165, 1.54) is 0 Å². The van der Waals surface area contributed by atoms with Gasteiger partial charge in [0.2, 0.25) is 11.8 Å². The summed E-state index contributed by atoms with van der Waals surface area (Å²) in [4.78, 5) is 32.6. The number of amides is 2. The summed E-state index contributed by atoms with van der Waals surface area (Å²) in [6.07, 6.45) is 1.47. The molecule has 0 bridgehead atoms. The summed E-state index contributed by atoms with van der Waals surface area (Å²) in [6.45, 7) is 8.62. The number of nitrogens with zero attached hydrogens (tertiary/aromatic N) is 3. The first kappa shape index (κ1) is 19.5. The van der Waals surface area contributed by atoms with Crippen molar-refractivity contribution in [1.82, 2.24) is 14.8 Å². The van der Waals surface area contributed by atoms with Crippen LogP contribution in [0.4, 0.5) is 0 Å². The monoisotopic (exact) mass is 367 g/mol. The molecule has 0 saturated carbocycles. The number of pyridine rings is 1. The van der Waals surface area contributed by atoms with E-state index in [-0.39, 0.29) is 17.7 Å². The molecule has 0 unspecified atom stereocenters. The van der Waals surface area contributed by atoms with Gasteiger partial charge < -0.3 is 14.5 Å². The van der Waals surface area contributed by atoms with E-state index in [1.54, 1.807) is 17.0 Å². The van der Waals surface area contributed by atoms with Crippen LogP contribution in [0.25, 0.3) is 0 Å². The molecule has 6 nitrogen and oxygen atoms in total. The van der Waals surface area contributed by atoms with Crippen LogP contribution in [0.15, 0.2) is 12.1 Å². The van der Waals surface area contributed by atoms with Gasteiger partial charge in [-0.3, -0.25) is 9.59 Å². The normalized spacial score (nSPS) is 14.8. The predicted octanol–water partition coefficient (Wildman–Crippen LogP) is 2.85. The van der Waals surface area contributed by atoms with Crippen molar-refractivity contribution in [2.24, 2.45) is 5.92 Å². The Bertz CT molecular complexity index is 614. The molecule has 0 spiro atoms. The average Bonchev–Trinajstić information content (AvgIpc) is 2.59. The topological polar surface area (TPSA) is 62.7 Å². The maximum Gasteiger partial charge on any atom is 0.259 e. The summed E-state index contributed by atoms with van der Waals surface area (Å²) in [5.74, 6) is 0.808. The smallest absolute Gasteiger partial charge is 0.259 e. The van der Waals surface area contributed by atoms with Gasteiger partial charge in [-0.1, -0.05) is 25.4 Å². The van der Waals surface area contributed by atoms with Crippen LogP contribution in [0.2, 0.25) is 5.15 Å². The lowest BCUT2D eigenvalue weighted by Crippen LogP contribution is -2.50. The van der Waals surface area contributed by atoms with E-state index in [0.717, 1.165) is 6.42 Å². The van der Waals surface area contributed by atoms with Crippen LogP contribution in [0.1, 0.15) is 44.0 Å². The molecule has 1 aromatic rings. The molecule has 7 heteroatoms. The van der Waals surface area contributed by atoms with E-state index in [0.29, 0.717) is 55.8 Å². The van der Waals surface area contributed by atoms with E-state index in [2.05, 4.69) is 18.8 Å². The van der Waals surface area contributed by atoms with Gasteiger partial charge >= 0.3 is 0 Å². The zero-order chi connectivity index (χ0) is 18.4. The third kappa shape index (κ3) is 5.33. The molecule has 25 heavy (non-hydrogen) atoms. The van der Waals surface area contributed by atoms with Gasteiger partial charge in [-0.15, -0.1) is 0 Å². The van der Waals surface area contributed by atoms with Crippen molar-refractivity contribution >= 4 is 23.4 Å². The maximum absolute atomic E-state index is 12.8. The second-order valence-electron chi connectivity index (χ2n) is 6.53. The molecule has 0 radical (unpaired) electrons. The summed E-state index contributed by atoms with van der Waals surface area (Å²) in [5, 5.41) is 0.292. The Kier molecular flexibility index (Phi) is 7.05. The number of hydrogen-bond acceptors (Lipinski definition) is 4.